The van der Waals surface area contributed by atoms with Crippen molar-refractivity contribution < 1.29 is 24.2 Å². The van der Waals surface area contributed by atoms with Gasteiger partial charge in [-0.2, -0.15) is 0 Å². The topological polar surface area (TPSA) is 95.9 Å². The second-order valence-corrected chi connectivity index (χ2v) is 8.16. The number of rotatable bonds is 11. The van der Waals surface area contributed by atoms with Gasteiger partial charge in [0.05, 0.1) is 0 Å². The molecular formula is C22H34N2O5. The summed E-state index contributed by atoms with van der Waals surface area (Å²) in [6.45, 7) is 5.83. The van der Waals surface area contributed by atoms with Gasteiger partial charge in [-0.1, -0.05) is 51.1 Å². The average Bonchev–Trinajstić information content (AvgIpc) is 2.65. The summed E-state index contributed by atoms with van der Waals surface area (Å²) in [5.74, 6) is -1.21. The van der Waals surface area contributed by atoms with E-state index in [1.54, 1.807) is 14.1 Å². The zero-order chi connectivity index (χ0) is 22.0. The van der Waals surface area contributed by atoms with Crippen LogP contribution in [-0.2, 0) is 20.7 Å². The number of hydrogen-bond donors (Lipinski definition) is 2. The second-order valence-electron chi connectivity index (χ2n) is 8.16. The summed E-state index contributed by atoms with van der Waals surface area (Å²) in [6.07, 6.45) is 0.134. The van der Waals surface area contributed by atoms with Gasteiger partial charge < -0.3 is 20.1 Å². The lowest BCUT2D eigenvalue weighted by Gasteiger charge is -2.24. The number of alkyl carbamates (subject to hydrolysis) is 1. The molecule has 0 saturated heterocycles. The van der Waals surface area contributed by atoms with Crippen molar-refractivity contribution in [2.75, 3.05) is 14.1 Å². The van der Waals surface area contributed by atoms with Crippen molar-refractivity contribution in [3.05, 3.63) is 35.9 Å². The van der Waals surface area contributed by atoms with Crippen molar-refractivity contribution in [1.29, 1.82) is 0 Å². The van der Waals surface area contributed by atoms with Crippen LogP contribution in [0.2, 0.25) is 0 Å². The van der Waals surface area contributed by atoms with Gasteiger partial charge in [0.1, 0.15) is 6.04 Å². The van der Waals surface area contributed by atoms with E-state index in [1.165, 1.54) is 10.5 Å². The number of carbonyl (C=O) groups excluding carboxylic acids is 2. The van der Waals surface area contributed by atoms with Crippen LogP contribution in [0, 0.1) is 11.8 Å². The Morgan fingerprint density at radius 3 is 2.21 bits per heavy atom. The second kappa shape index (κ2) is 12.1. The van der Waals surface area contributed by atoms with E-state index in [-0.39, 0.29) is 24.2 Å². The molecule has 0 radical (unpaired) electrons. The standard InChI is InChI=1S/C22H34N2O5/c1-15(2)13-18(20(25)24(4)5)23-22(28)29-19(21(26)27)14-16(3)11-12-17-9-7-6-8-10-17/h6-10,15-16,18-19H,11-14H2,1-5H3,(H,23,28)(H,26,27). The summed E-state index contributed by atoms with van der Waals surface area (Å²) in [4.78, 5) is 37.5. The molecule has 0 spiro atoms. The van der Waals surface area contributed by atoms with E-state index in [4.69, 9.17) is 4.74 Å². The summed E-state index contributed by atoms with van der Waals surface area (Å²) < 4.78 is 5.16. The van der Waals surface area contributed by atoms with Gasteiger partial charge >= 0.3 is 12.1 Å². The molecule has 1 rings (SSSR count). The molecule has 1 aromatic rings. The zero-order valence-corrected chi connectivity index (χ0v) is 18.1. The summed E-state index contributed by atoms with van der Waals surface area (Å²) in [7, 11) is 3.22. The molecule has 7 nitrogen and oxygen atoms in total. The molecule has 7 heteroatoms. The van der Waals surface area contributed by atoms with Crippen LogP contribution in [0.25, 0.3) is 0 Å². The summed E-state index contributed by atoms with van der Waals surface area (Å²) in [6, 6.07) is 9.20. The Hall–Kier alpha value is -2.57. The molecule has 0 heterocycles. The molecule has 0 fully saturated rings. The van der Waals surface area contributed by atoms with E-state index in [0.717, 1.165) is 12.8 Å². The maximum atomic E-state index is 12.3. The molecule has 3 unspecified atom stereocenters. The van der Waals surface area contributed by atoms with Crippen LogP contribution >= 0.6 is 0 Å². The first kappa shape index (κ1) is 24.5. The zero-order valence-electron chi connectivity index (χ0n) is 18.1. The first-order valence-corrected chi connectivity index (χ1v) is 10.0. The number of carboxylic acid groups (broad SMARTS) is 1. The van der Waals surface area contributed by atoms with Crippen molar-refractivity contribution in [2.24, 2.45) is 11.8 Å². The summed E-state index contributed by atoms with van der Waals surface area (Å²) >= 11 is 0. The number of aliphatic carboxylic acids is 1. The SMILES string of the molecule is CC(C)CC(NC(=O)OC(CC(C)CCc1ccccc1)C(=O)O)C(=O)N(C)C. The number of carboxylic acids is 1. The molecule has 0 aliphatic carbocycles. The number of benzene rings is 1. The quantitative estimate of drug-likeness (QED) is 0.588. The van der Waals surface area contributed by atoms with Crippen molar-refractivity contribution in [3.63, 3.8) is 0 Å². The first-order valence-electron chi connectivity index (χ1n) is 10.0. The fraction of sp³-hybridized carbons (Fsp3) is 0.591. The molecular weight excluding hydrogens is 372 g/mol. The lowest BCUT2D eigenvalue weighted by atomic mass is 9.95. The van der Waals surface area contributed by atoms with Gasteiger partial charge in [-0.15, -0.1) is 0 Å². The van der Waals surface area contributed by atoms with E-state index in [2.05, 4.69) is 5.32 Å². The van der Waals surface area contributed by atoms with E-state index >= 15 is 0 Å². The van der Waals surface area contributed by atoms with Crippen molar-refractivity contribution >= 4 is 18.0 Å². The van der Waals surface area contributed by atoms with Crippen LogP contribution in [0.15, 0.2) is 30.3 Å². The normalized spacial score (nSPS) is 14.0. The molecule has 3 atom stereocenters. The fourth-order valence-corrected chi connectivity index (χ4v) is 3.05. The maximum absolute atomic E-state index is 12.3. The third kappa shape index (κ3) is 9.45. The Kier molecular flexibility index (Phi) is 10.2. The predicted octanol–water partition coefficient (Wildman–Crippen LogP) is 3.33. The average molecular weight is 407 g/mol. The van der Waals surface area contributed by atoms with Crippen LogP contribution in [-0.4, -0.2) is 54.2 Å². The molecule has 0 aliphatic heterocycles. The molecule has 2 amide bonds. The van der Waals surface area contributed by atoms with Gasteiger partial charge in [0.2, 0.25) is 12.0 Å². The lowest BCUT2D eigenvalue weighted by molar-refractivity contribution is -0.147. The van der Waals surface area contributed by atoms with Gasteiger partial charge in [-0.25, -0.2) is 9.59 Å². The summed E-state index contributed by atoms with van der Waals surface area (Å²) in [5.41, 5.74) is 1.18. The maximum Gasteiger partial charge on any atom is 0.408 e. The largest absolute Gasteiger partial charge is 0.479 e. The molecule has 0 saturated carbocycles. The first-order chi connectivity index (χ1) is 13.6. The number of aryl methyl sites for hydroxylation is 1. The molecule has 0 aromatic heterocycles. The Morgan fingerprint density at radius 1 is 1.07 bits per heavy atom. The van der Waals surface area contributed by atoms with Crippen molar-refractivity contribution in [1.82, 2.24) is 10.2 Å². The third-order valence-corrected chi connectivity index (χ3v) is 4.65. The highest BCUT2D eigenvalue weighted by Crippen LogP contribution is 2.17. The van der Waals surface area contributed by atoms with E-state index in [9.17, 15) is 19.5 Å². The number of hydrogen-bond acceptors (Lipinski definition) is 4. The van der Waals surface area contributed by atoms with Crippen LogP contribution in [0.1, 0.15) is 45.6 Å². The smallest absolute Gasteiger partial charge is 0.408 e. The van der Waals surface area contributed by atoms with Crippen molar-refractivity contribution in [2.45, 2.75) is 58.6 Å². The third-order valence-electron chi connectivity index (χ3n) is 4.65. The Labute approximate surface area is 173 Å². The minimum absolute atomic E-state index is 0.0546. The summed E-state index contributed by atoms with van der Waals surface area (Å²) in [5, 5.41) is 12.0. The molecule has 1 aromatic carbocycles. The minimum atomic E-state index is -1.25. The number of nitrogens with zero attached hydrogens (tertiary/aromatic N) is 1. The highest BCUT2D eigenvalue weighted by Gasteiger charge is 2.28. The van der Waals surface area contributed by atoms with E-state index in [1.807, 2.05) is 51.1 Å². The predicted molar refractivity (Wildman–Crippen MR) is 112 cm³/mol. The highest BCUT2D eigenvalue weighted by atomic mass is 16.6. The van der Waals surface area contributed by atoms with Crippen LogP contribution in [0.3, 0.4) is 0 Å². The Bertz CT molecular complexity index is 660. The molecule has 2 N–H and O–H groups in total. The number of amides is 2. The van der Waals surface area contributed by atoms with Gasteiger partial charge in [0, 0.05) is 14.1 Å². The number of likely N-dealkylation sites (N-methyl/N-ethyl adjacent to an activating group) is 1. The van der Waals surface area contributed by atoms with Crippen LogP contribution in [0.4, 0.5) is 4.79 Å². The van der Waals surface area contributed by atoms with E-state index < -0.39 is 24.2 Å². The number of nitrogens with one attached hydrogen (secondary N) is 1. The number of ether oxygens (including phenoxy) is 1. The van der Waals surface area contributed by atoms with Gasteiger partial charge in [-0.05, 0) is 43.1 Å². The number of carbonyl (C=O) groups is 3. The minimum Gasteiger partial charge on any atom is -0.479 e. The Morgan fingerprint density at radius 2 is 1.69 bits per heavy atom. The Balaban J connectivity index is 2.62. The van der Waals surface area contributed by atoms with Gasteiger partial charge in [0.15, 0.2) is 0 Å². The monoisotopic (exact) mass is 406 g/mol. The molecule has 162 valence electrons. The van der Waals surface area contributed by atoms with Crippen molar-refractivity contribution in [3.8, 4) is 0 Å². The van der Waals surface area contributed by atoms with Gasteiger partial charge in [0.25, 0.3) is 0 Å². The fourth-order valence-electron chi connectivity index (χ4n) is 3.05. The van der Waals surface area contributed by atoms with Crippen LogP contribution < -0.4 is 5.32 Å². The van der Waals surface area contributed by atoms with Gasteiger partial charge in [-0.3, -0.25) is 4.79 Å². The molecule has 29 heavy (non-hydrogen) atoms. The van der Waals surface area contributed by atoms with Crippen LogP contribution in [0.5, 0.6) is 0 Å². The van der Waals surface area contributed by atoms with E-state index in [0.29, 0.717) is 6.42 Å². The molecule has 0 aliphatic rings. The molecule has 0 bridgehead atoms. The highest BCUT2D eigenvalue weighted by molar-refractivity contribution is 5.86. The lowest BCUT2D eigenvalue weighted by Crippen LogP contribution is -2.48.